The number of fused-ring (bicyclic) bond motifs is 1. The first-order valence-electron chi connectivity index (χ1n) is 9.12. The minimum absolute atomic E-state index is 0.144. The van der Waals surface area contributed by atoms with Crippen LogP contribution in [0, 0.1) is 5.82 Å². The molecule has 1 unspecified atom stereocenters. The molecule has 28 heavy (non-hydrogen) atoms. The van der Waals surface area contributed by atoms with Crippen molar-refractivity contribution >= 4 is 21.8 Å². The van der Waals surface area contributed by atoms with Crippen LogP contribution in [0.2, 0.25) is 0 Å². The maximum atomic E-state index is 13.3. The third kappa shape index (κ3) is 4.34. The Morgan fingerprint density at radius 2 is 1.82 bits per heavy atom. The number of halogens is 1. The SMILES string of the molecule is CN(C)S(=O)(=O)N(CC(=O)NC1CCCc2ccccc21)c1ccc(F)cc1. The van der Waals surface area contributed by atoms with Crippen molar-refractivity contribution in [2.45, 2.75) is 25.3 Å². The summed E-state index contributed by atoms with van der Waals surface area (Å²) in [7, 11) is -1.14. The number of hydrogen-bond acceptors (Lipinski definition) is 3. The lowest BCUT2D eigenvalue weighted by atomic mass is 9.88. The van der Waals surface area contributed by atoms with Crippen molar-refractivity contribution < 1.29 is 17.6 Å². The number of carbonyl (C=O) groups is 1. The smallest absolute Gasteiger partial charge is 0.304 e. The van der Waals surface area contributed by atoms with Crippen LogP contribution in [0.25, 0.3) is 0 Å². The van der Waals surface area contributed by atoms with E-state index in [9.17, 15) is 17.6 Å². The van der Waals surface area contributed by atoms with Crippen LogP contribution in [0.1, 0.15) is 30.0 Å². The summed E-state index contributed by atoms with van der Waals surface area (Å²) in [4.78, 5) is 12.7. The normalized spacial score (nSPS) is 16.5. The summed E-state index contributed by atoms with van der Waals surface area (Å²) in [5.74, 6) is -0.884. The van der Waals surface area contributed by atoms with Gasteiger partial charge in [-0.2, -0.15) is 12.7 Å². The largest absolute Gasteiger partial charge is 0.348 e. The average Bonchev–Trinajstić information content (AvgIpc) is 2.67. The van der Waals surface area contributed by atoms with Gasteiger partial charge in [-0.1, -0.05) is 24.3 Å². The predicted molar refractivity (Wildman–Crippen MR) is 107 cm³/mol. The summed E-state index contributed by atoms with van der Waals surface area (Å²) in [6.07, 6.45) is 2.73. The number of carbonyl (C=O) groups excluding carboxylic acids is 1. The molecule has 3 rings (SSSR count). The lowest BCUT2D eigenvalue weighted by Crippen LogP contribution is -2.46. The predicted octanol–water partition coefficient (Wildman–Crippen LogP) is 2.63. The summed E-state index contributed by atoms with van der Waals surface area (Å²) in [5.41, 5.74) is 2.51. The van der Waals surface area contributed by atoms with E-state index in [-0.39, 0.29) is 18.3 Å². The second kappa shape index (κ2) is 8.28. The molecule has 0 aromatic heterocycles. The molecule has 2 aromatic carbocycles. The Kier molecular flexibility index (Phi) is 6.00. The Morgan fingerprint density at radius 3 is 2.50 bits per heavy atom. The second-order valence-corrected chi connectivity index (χ2v) is 9.05. The van der Waals surface area contributed by atoms with Gasteiger partial charge in [-0.05, 0) is 54.7 Å². The molecule has 0 radical (unpaired) electrons. The Labute approximate surface area is 165 Å². The van der Waals surface area contributed by atoms with Gasteiger partial charge in [0.25, 0.3) is 0 Å². The van der Waals surface area contributed by atoms with Crippen molar-refractivity contribution in [1.29, 1.82) is 0 Å². The molecule has 0 bridgehead atoms. The lowest BCUT2D eigenvalue weighted by Gasteiger charge is -2.29. The third-order valence-electron chi connectivity index (χ3n) is 4.85. The molecule has 0 saturated carbocycles. The van der Waals surface area contributed by atoms with E-state index >= 15 is 0 Å². The molecule has 1 aliphatic rings. The summed E-state index contributed by atoms with van der Waals surface area (Å²) >= 11 is 0. The molecule has 0 saturated heterocycles. The van der Waals surface area contributed by atoms with E-state index in [4.69, 9.17) is 0 Å². The molecule has 150 valence electrons. The first-order chi connectivity index (χ1) is 13.3. The Bertz CT molecular complexity index is 945. The van der Waals surface area contributed by atoms with Gasteiger partial charge in [0.05, 0.1) is 11.7 Å². The van der Waals surface area contributed by atoms with Crippen LogP contribution in [-0.2, 0) is 21.4 Å². The van der Waals surface area contributed by atoms with E-state index in [1.807, 2.05) is 18.2 Å². The minimum Gasteiger partial charge on any atom is -0.348 e. The molecular weight excluding hydrogens is 381 g/mol. The highest BCUT2D eigenvalue weighted by molar-refractivity contribution is 7.90. The number of aryl methyl sites for hydroxylation is 1. The van der Waals surface area contributed by atoms with Crippen LogP contribution in [0.15, 0.2) is 48.5 Å². The number of benzene rings is 2. The van der Waals surface area contributed by atoms with E-state index in [2.05, 4.69) is 11.4 Å². The molecule has 2 aromatic rings. The highest BCUT2D eigenvalue weighted by Gasteiger charge is 2.29. The second-order valence-electron chi connectivity index (χ2n) is 6.98. The lowest BCUT2D eigenvalue weighted by molar-refractivity contribution is -0.120. The van der Waals surface area contributed by atoms with Crippen molar-refractivity contribution in [2.75, 3.05) is 24.9 Å². The van der Waals surface area contributed by atoms with Crippen LogP contribution < -0.4 is 9.62 Å². The van der Waals surface area contributed by atoms with Gasteiger partial charge < -0.3 is 5.32 Å². The van der Waals surface area contributed by atoms with E-state index in [1.54, 1.807) is 0 Å². The standard InChI is InChI=1S/C20H24FN3O3S/c1-23(2)28(26,27)24(17-12-10-16(21)11-13-17)14-20(25)22-19-9-5-7-15-6-3-4-8-18(15)19/h3-4,6,8,10-13,19H,5,7,9,14H2,1-2H3,(H,22,25). The van der Waals surface area contributed by atoms with Crippen LogP contribution in [0.4, 0.5) is 10.1 Å². The maximum Gasteiger partial charge on any atom is 0.304 e. The molecule has 1 N–H and O–H groups in total. The van der Waals surface area contributed by atoms with Crippen molar-refractivity contribution in [1.82, 2.24) is 9.62 Å². The molecular formula is C20H24FN3O3S. The maximum absolute atomic E-state index is 13.3. The van der Waals surface area contributed by atoms with E-state index in [0.29, 0.717) is 0 Å². The van der Waals surface area contributed by atoms with Crippen molar-refractivity contribution in [3.05, 3.63) is 65.5 Å². The van der Waals surface area contributed by atoms with Crippen molar-refractivity contribution in [2.24, 2.45) is 0 Å². The van der Waals surface area contributed by atoms with Crippen molar-refractivity contribution in [3.63, 3.8) is 0 Å². The molecule has 1 amide bonds. The highest BCUT2D eigenvalue weighted by atomic mass is 32.2. The van der Waals surface area contributed by atoms with Gasteiger partial charge in [0.15, 0.2) is 0 Å². The number of hydrogen-bond donors (Lipinski definition) is 1. The fourth-order valence-electron chi connectivity index (χ4n) is 3.38. The van der Waals surface area contributed by atoms with Crippen LogP contribution >= 0.6 is 0 Å². The molecule has 6 nitrogen and oxygen atoms in total. The van der Waals surface area contributed by atoms with E-state index in [0.717, 1.165) is 33.4 Å². The molecule has 0 aliphatic heterocycles. The monoisotopic (exact) mass is 405 g/mol. The number of nitrogens with zero attached hydrogens (tertiary/aromatic N) is 2. The van der Waals surface area contributed by atoms with Gasteiger partial charge in [0, 0.05) is 14.1 Å². The van der Waals surface area contributed by atoms with Crippen LogP contribution in [0.3, 0.4) is 0 Å². The highest BCUT2D eigenvalue weighted by Crippen LogP contribution is 2.29. The van der Waals surface area contributed by atoms with Gasteiger partial charge >= 0.3 is 10.2 Å². The molecule has 0 heterocycles. The molecule has 1 atom stereocenters. The van der Waals surface area contributed by atoms with Gasteiger partial charge in [-0.25, -0.2) is 8.70 Å². The molecule has 0 spiro atoms. The van der Waals surface area contributed by atoms with Crippen LogP contribution in [0.5, 0.6) is 0 Å². The van der Waals surface area contributed by atoms with E-state index in [1.165, 1.54) is 43.9 Å². The summed E-state index contributed by atoms with van der Waals surface area (Å²) in [6.45, 7) is -0.384. The summed E-state index contributed by atoms with van der Waals surface area (Å²) in [6, 6.07) is 12.8. The summed E-state index contributed by atoms with van der Waals surface area (Å²) in [5, 5.41) is 2.96. The Morgan fingerprint density at radius 1 is 1.14 bits per heavy atom. The summed E-state index contributed by atoms with van der Waals surface area (Å²) < 4.78 is 40.7. The zero-order valence-corrected chi connectivity index (χ0v) is 16.7. The molecule has 8 heteroatoms. The van der Waals surface area contributed by atoms with Gasteiger partial charge in [-0.3, -0.25) is 4.79 Å². The fraction of sp³-hybridized carbons (Fsp3) is 0.350. The first kappa shape index (κ1) is 20.3. The minimum atomic E-state index is -3.92. The number of anilines is 1. The third-order valence-corrected chi connectivity index (χ3v) is 6.67. The number of amides is 1. The van der Waals surface area contributed by atoms with E-state index < -0.39 is 21.9 Å². The van der Waals surface area contributed by atoms with Crippen LogP contribution in [-0.4, -0.2) is 39.3 Å². The first-order valence-corrected chi connectivity index (χ1v) is 10.5. The Hall–Kier alpha value is -2.45. The Balaban J connectivity index is 1.81. The van der Waals surface area contributed by atoms with Gasteiger partial charge in [0.1, 0.15) is 12.4 Å². The zero-order chi connectivity index (χ0) is 20.3. The van der Waals surface area contributed by atoms with Gasteiger partial charge in [-0.15, -0.1) is 0 Å². The number of nitrogens with one attached hydrogen (secondary N) is 1. The topological polar surface area (TPSA) is 69.7 Å². The average molecular weight is 405 g/mol. The molecule has 0 fully saturated rings. The van der Waals surface area contributed by atoms with Crippen molar-refractivity contribution in [3.8, 4) is 0 Å². The number of rotatable bonds is 6. The van der Waals surface area contributed by atoms with Gasteiger partial charge in [0.2, 0.25) is 5.91 Å². The fourth-order valence-corrected chi connectivity index (χ4v) is 4.45. The molecule has 1 aliphatic carbocycles. The quantitative estimate of drug-likeness (QED) is 0.803. The zero-order valence-electron chi connectivity index (χ0n) is 15.9.